The van der Waals surface area contributed by atoms with E-state index in [4.69, 9.17) is 4.74 Å². The Morgan fingerprint density at radius 2 is 1.86 bits per heavy atom. The summed E-state index contributed by atoms with van der Waals surface area (Å²) in [6.07, 6.45) is 5.45. The second-order valence-corrected chi connectivity index (χ2v) is 10.2. The van der Waals surface area contributed by atoms with Gasteiger partial charge in [0.25, 0.3) is 0 Å². The van der Waals surface area contributed by atoms with Gasteiger partial charge in [-0.15, -0.1) is 10.2 Å². The molecule has 1 N–H and O–H groups in total. The van der Waals surface area contributed by atoms with E-state index in [-0.39, 0.29) is 24.3 Å². The molecule has 1 aromatic heterocycles. The van der Waals surface area contributed by atoms with Crippen LogP contribution in [0.1, 0.15) is 68.9 Å². The molecule has 0 bridgehead atoms. The van der Waals surface area contributed by atoms with Crippen LogP contribution in [0, 0.1) is 11.3 Å². The van der Waals surface area contributed by atoms with Crippen LogP contribution in [0.15, 0.2) is 59.8 Å². The SMILES string of the molecule is CCc1ccc(OCc2nnc(SCC(=O)NC3(C#N)CCCCC3)n2C(C)c2ccccc2)cc1. The summed E-state index contributed by atoms with van der Waals surface area (Å²) in [6.45, 7) is 4.48. The van der Waals surface area contributed by atoms with E-state index in [0.29, 0.717) is 23.8 Å². The Balaban J connectivity index is 1.49. The molecule has 3 aromatic rings. The lowest BCUT2D eigenvalue weighted by Crippen LogP contribution is -2.49. The van der Waals surface area contributed by atoms with Gasteiger partial charge >= 0.3 is 0 Å². The number of nitriles is 1. The van der Waals surface area contributed by atoms with Crippen LogP contribution >= 0.6 is 11.8 Å². The number of carbonyl (C=O) groups excluding carboxylic acids is 1. The number of hydrogen-bond donors (Lipinski definition) is 1. The molecule has 1 fully saturated rings. The van der Waals surface area contributed by atoms with Crippen molar-refractivity contribution >= 4 is 17.7 Å². The second-order valence-electron chi connectivity index (χ2n) is 9.23. The van der Waals surface area contributed by atoms with E-state index in [1.165, 1.54) is 17.3 Å². The number of ether oxygens (including phenoxy) is 1. The monoisotopic (exact) mass is 503 g/mol. The fraction of sp³-hybridized carbons (Fsp3) is 0.429. The lowest BCUT2D eigenvalue weighted by molar-refractivity contribution is -0.120. The minimum atomic E-state index is -0.743. The molecule has 36 heavy (non-hydrogen) atoms. The van der Waals surface area contributed by atoms with Gasteiger partial charge in [-0.05, 0) is 49.4 Å². The van der Waals surface area contributed by atoms with Crippen LogP contribution in [0.5, 0.6) is 5.75 Å². The molecule has 4 rings (SSSR count). The van der Waals surface area contributed by atoms with Crippen molar-refractivity contribution in [2.24, 2.45) is 0 Å². The van der Waals surface area contributed by atoms with Gasteiger partial charge in [-0.1, -0.05) is 80.4 Å². The van der Waals surface area contributed by atoms with Crippen molar-refractivity contribution in [2.75, 3.05) is 5.75 Å². The second kappa shape index (κ2) is 12.1. The molecule has 1 amide bonds. The summed E-state index contributed by atoms with van der Waals surface area (Å²) < 4.78 is 8.07. The molecule has 0 spiro atoms. The molecular weight excluding hydrogens is 470 g/mol. The van der Waals surface area contributed by atoms with E-state index in [0.717, 1.165) is 37.0 Å². The Morgan fingerprint density at radius 1 is 1.14 bits per heavy atom. The number of hydrogen-bond acceptors (Lipinski definition) is 6. The molecule has 1 atom stereocenters. The van der Waals surface area contributed by atoms with Gasteiger partial charge in [0.2, 0.25) is 5.91 Å². The fourth-order valence-corrected chi connectivity index (χ4v) is 5.43. The van der Waals surface area contributed by atoms with Crippen LogP contribution in [-0.4, -0.2) is 32.0 Å². The van der Waals surface area contributed by atoms with E-state index < -0.39 is 5.54 Å². The maximum Gasteiger partial charge on any atom is 0.231 e. The molecule has 0 aliphatic heterocycles. The molecule has 2 aromatic carbocycles. The van der Waals surface area contributed by atoms with Gasteiger partial charge in [0.15, 0.2) is 11.0 Å². The van der Waals surface area contributed by atoms with E-state index in [1.54, 1.807) is 0 Å². The number of aryl methyl sites for hydroxylation is 1. The van der Waals surface area contributed by atoms with Crippen molar-refractivity contribution in [3.8, 4) is 11.8 Å². The molecule has 1 aliphatic carbocycles. The summed E-state index contributed by atoms with van der Waals surface area (Å²) in [4.78, 5) is 12.8. The topological polar surface area (TPSA) is 92.8 Å². The number of nitrogens with zero attached hydrogens (tertiary/aromatic N) is 4. The van der Waals surface area contributed by atoms with Crippen molar-refractivity contribution in [3.05, 3.63) is 71.5 Å². The first-order chi connectivity index (χ1) is 17.5. The predicted octanol–water partition coefficient (Wildman–Crippen LogP) is 5.46. The molecule has 8 heteroatoms. The van der Waals surface area contributed by atoms with Gasteiger partial charge in [-0.2, -0.15) is 5.26 Å². The molecular formula is C28H33N5O2S. The van der Waals surface area contributed by atoms with E-state index >= 15 is 0 Å². The van der Waals surface area contributed by atoms with Gasteiger partial charge in [-0.3, -0.25) is 9.36 Å². The number of amides is 1. The summed E-state index contributed by atoms with van der Waals surface area (Å²) in [7, 11) is 0. The minimum Gasteiger partial charge on any atom is -0.486 e. The summed E-state index contributed by atoms with van der Waals surface area (Å²) >= 11 is 1.34. The Morgan fingerprint density at radius 3 is 2.53 bits per heavy atom. The molecule has 1 saturated carbocycles. The number of benzene rings is 2. The van der Waals surface area contributed by atoms with Gasteiger partial charge in [-0.25, -0.2) is 0 Å². The van der Waals surface area contributed by atoms with Crippen LogP contribution in [0.4, 0.5) is 0 Å². The number of thioether (sulfide) groups is 1. The largest absolute Gasteiger partial charge is 0.486 e. The summed E-state index contributed by atoms with van der Waals surface area (Å²) in [6, 6.07) is 20.5. The maximum atomic E-state index is 12.8. The highest BCUT2D eigenvalue weighted by atomic mass is 32.2. The van der Waals surface area contributed by atoms with Crippen molar-refractivity contribution < 1.29 is 9.53 Å². The molecule has 1 heterocycles. The van der Waals surface area contributed by atoms with E-state index in [9.17, 15) is 10.1 Å². The van der Waals surface area contributed by atoms with Crippen LogP contribution in [0.3, 0.4) is 0 Å². The molecule has 188 valence electrons. The van der Waals surface area contributed by atoms with Gasteiger partial charge < -0.3 is 10.1 Å². The average Bonchev–Trinajstić information content (AvgIpc) is 3.34. The number of rotatable bonds is 10. The number of carbonyl (C=O) groups is 1. The first-order valence-corrected chi connectivity index (χ1v) is 13.6. The zero-order chi connectivity index (χ0) is 25.4. The Kier molecular flexibility index (Phi) is 8.65. The van der Waals surface area contributed by atoms with Crippen LogP contribution in [0.25, 0.3) is 0 Å². The zero-order valence-corrected chi connectivity index (χ0v) is 21.8. The quantitative estimate of drug-likeness (QED) is 0.369. The van der Waals surface area contributed by atoms with Gasteiger partial charge in [0, 0.05) is 0 Å². The molecule has 1 unspecified atom stereocenters. The van der Waals surface area contributed by atoms with Crippen LogP contribution in [-0.2, 0) is 17.8 Å². The fourth-order valence-electron chi connectivity index (χ4n) is 4.60. The smallest absolute Gasteiger partial charge is 0.231 e. The third-order valence-electron chi connectivity index (χ3n) is 6.74. The van der Waals surface area contributed by atoms with E-state index in [2.05, 4.69) is 59.7 Å². The first kappa shape index (κ1) is 25.8. The van der Waals surface area contributed by atoms with E-state index in [1.807, 2.05) is 34.9 Å². The molecule has 1 aliphatic rings. The highest BCUT2D eigenvalue weighted by Gasteiger charge is 2.33. The summed E-state index contributed by atoms with van der Waals surface area (Å²) in [5, 5.41) is 22.2. The van der Waals surface area contributed by atoms with Crippen molar-refractivity contribution in [1.82, 2.24) is 20.1 Å². The predicted molar refractivity (Wildman–Crippen MR) is 141 cm³/mol. The highest BCUT2D eigenvalue weighted by molar-refractivity contribution is 7.99. The Hall–Kier alpha value is -3.31. The van der Waals surface area contributed by atoms with Crippen molar-refractivity contribution in [3.63, 3.8) is 0 Å². The third kappa shape index (κ3) is 6.27. The first-order valence-electron chi connectivity index (χ1n) is 12.6. The van der Waals surface area contributed by atoms with Gasteiger partial charge in [0.1, 0.15) is 17.9 Å². The van der Waals surface area contributed by atoms with Crippen LogP contribution < -0.4 is 10.1 Å². The average molecular weight is 504 g/mol. The lowest BCUT2D eigenvalue weighted by Gasteiger charge is -2.31. The van der Waals surface area contributed by atoms with Crippen molar-refractivity contribution in [1.29, 1.82) is 5.26 Å². The molecule has 0 radical (unpaired) electrons. The Bertz CT molecular complexity index is 1180. The van der Waals surface area contributed by atoms with Crippen LogP contribution in [0.2, 0.25) is 0 Å². The molecule has 0 saturated heterocycles. The van der Waals surface area contributed by atoms with Gasteiger partial charge in [0.05, 0.1) is 17.9 Å². The standard InChI is InChI=1S/C28H33N5O2S/c1-3-22-12-14-24(15-13-22)35-18-25-31-32-27(33(25)21(2)23-10-6-4-7-11-23)36-19-26(34)30-28(20-29)16-8-5-9-17-28/h4,6-7,10-15,21H,3,5,8-9,16-19H2,1-2H3,(H,30,34). The Labute approximate surface area is 217 Å². The lowest BCUT2D eigenvalue weighted by atomic mass is 9.83. The zero-order valence-electron chi connectivity index (χ0n) is 20.9. The molecule has 7 nitrogen and oxygen atoms in total. The minimum absolute atomic E-state index is 0.0448. The number of nitrogens with one attached hydrogen (secondary N) is 1. The van der Waals surface area contributed by atoms with Crippen molar-refractivity contribution in [2.45, 2.75) is 75.7 Å². The number of aromatic nitrogens is 3. The normalized spacial score (nSPS) is 15.6. The summed E-state index contributed by atoms with van der Waals surface area (Å²) in [5.41, 5.74) is 1.63. The maximum absolute atomic E-state index is 12.8. The summed E-state index contributed by atoms with van der Waals surface area (Å²) in [5.74, 6) is 1.48. The highest BCUT2D eigenvalue weighted by Crippen LogP contribution is 2.29. The third-order valence-corrected chi connectivity index (χ3v) is 7.68.